The zero-order chi connectivity index (χ0) is 21.3. The monoisotopic (exact) mass is 435 g/mol. The predicted molar refractivity (Wildman–Crippen MR) is 103 cm³/mol. The van der Waals surface area contributed by atoms with Crippen molar-refractivity contribution in [2.24, 2.45) is 5.92 Å². The van der Waals surface area contributed by atoms with Crippen molar-refractivity contribution in [1.29, 1.82) is 0 Å². The van der Waals surface area contributed by atoms with Gasteiger partial charge in [-0.15, -0.1) is 0 Å². The van der Waals surface area contributed by atoms with Crippen LogP contribution in [0, 0.1) is 5.92 Å². The molecule has 1 atom stereocenters. The number of amides is 1. The van der Waals surface area contributed by atoms with E-state index in [4.69, 9.17) is 27.4 Å². The van der Waals surface area contributed by atoms with Crippen LogP contribution in [0.1, 0.15) is 73.6 Å². The van der Waals surface area contributed by atoms with Gasteiger partial charge in [0, 0.05) is 0 Å². The van der Waals surface area contributed by atoms with Gasteiger partial charge in [-0.2, -0.15) is 8.42 Å². The van der Waals surface area contributed by atoms with Crippen LogP contribution in [0.5, 0.6) is 0 Å². The zero-order valence-corrected chi connectivity index (χ0v) is 20.1. The third kappa shape index (κ3) is 27.6. The number of carboxylic acid groups (broad SMARTS) is 1. The predicted octanol–water partition coefficient (Wildman–Crippen LogP) is 0.940. The molecule has 28 heavy (non-hydrogen) atoms. The van der Waals surface area contributed by atoms with Gasteiger partial charge < -0.3 is 16.6 Å². The van der Waals surface area contributed by atoms with Crippen LogP contribution in [-0.4, -0.2) is 40.7 Å². The van der Waals surface area contributed by atoms with E-state index in [0.717, 1.165) is 12.8 Å². The number of hydrogen-bond donors (Lipinski definition) is 4. The summed E-state index contributed by atoms with van der Waals surface area (Å²) in [4.78, 5) is 22.4. The van der Waals surface area contributed by atoms with E-state index in [1.807, 2.05) is 0 Å². The Kier molecular flexibility index (Phi) is 22.5. The van der Waals surface area contributed by atoms with Crippen LogP contribution in [0.3, 0.4) is 0 Å². The molecule has 0 rings (SSSR count). The minimum Gasteiger partial charge on any atom is -1.00 e. The fourth-order valence-corrected chi connectivity index (χ4v) is 2.07. The molecule has 4 N–H and O–H groups in total. The van der Waals surface area contributed by atoms with Gasteiger partial charge in [0.2, 0.25) is 0 Å². The Morgan fingerprint density at radius 1 is 1.07 bits per heavy atom. The molecule has 0 unspecified atom stereocenters. The van der Waals surface area contributed by atoms with E-state index < -0.39 is 28.5 Å². The second kappa shape index (κ2) is 19.7. The maximum Gasteiger partial charge on any atom is 1.00 e. The average molecular weight is 436 g/mol. The topological polar surface area (TPSA) is 150 Å². The van der Waals surface area contributed by atoms with Crippen molar-refractivity contribution >= 4 is 22.5 Å². The van der Waals surface area contributed by atoms with Crippen LogP contribution in [0.4, 0.5) is 4.79 Å². The molecule has 1 amide bonds. The van der Waals surface area contributed by atoms with Gasteiger partial charge in [-0.25, -0.2) is 9.59 Å². The third-order valence-electron chi connectivity index (χ3n) is 3.45. The molecule has 0 saturated heterocycles. The summed E-state index contributed by atoms with van der Waals surface area (Å²) < 4.78 is 36.4. The number of carboxylic acids is 1. The molecule has 0 aromatic heterocycles. The minimum absolute atomic E-state index is 0. The second-order valence-electron chi connectivity index (χ2n) is 6.34. The number of carbonyl (C=O) groups excluding carboxylic acids is 1. The van der Waals surface area contributed by atoms with Crippen molar-refractivity contribution in [1.82, 2.24) is 5.32 Å². The molecule has 0 saturated carbocycles. The normalized spacial score (nSPS) is 11.9. The number of rotatable bonds is 12. The van der Waals surface area contributed by atoms with Crippen LogP contribution in [0.15, 0.2) is 12.3 Å². The van der Waals surface area contributed by atoms with Crippen LogP contribution in [0.2, 0.25) is 0 Å². The Bertz CT molecular complexity index is 536. The number of aliphatic carboxylic acids is 1. The number of ether oxygens (including phenoxy) is 1. The van der Waals surface area contributed by atoms with E-state index >= 15 is 0 Å². The van der Waals surface area contributed by atoms with Gasteiger partial charge in [0.15, 0.2) is 0 Å². The first kappa shape index (κ1) is 32.0. The molecule has 162 valence electrons. The molecule has 0 aromatic carbocycles. The van der Waals surface area contributed by atoms with E-state index in [2.05, 4.69) is 12.2 Å². The molecule has 11 heteroatoms. The Labute approximate surface area is 191 Å². The minimum atomic E-state index is -4.67. The summed E-state index contributed by atoms with van der Waals surface area (Å²) in [5.41, 5.74) is 0. The third-order valence-corrected chi connectivity index (χ3v) is 3.45. The molecular weight excluding hydrogens is 401 g/mol. The average Bonchev–Trinajstić information content (AvgIpc) is 2.52. The molecule has 0 bridgehead atoms. The molecule has 0 fully saturated rings. The van der Waals surface area contributed by atoms with E-state index in [-0.39, 0.29) is 36.9 Å². The van der Waals surface area contributed by atoms with Gasteiger partial charge in [-0.05, 0) is 24.8 Å². The summed E-state index contributed by atoms with van der Waals surface area (Å²) in [6.07, 6.45) is 12.0. The Morgan fingerprint density at radius 2 is 1.54 bits per heavy atom. The zero-order valence-electron chi connectivity index (χ0n) is 18.3. The Hall–Kier alpha value is -0.650. The van der Waals surface area contributed by atoms with E-state index in [1.165, 1.54) is 44.8 Å². The molecule has 0 aromatic rings. The van der Waals surface area contributed by atoms with Crippen LogP contribution in [-0.2, 0) is 19.9 Å². The van der Waals surface area contributed by atoms with Gasteiger partial charge in [0.25, 0.3) is 0 Å². The summed E-state index contributed by atoms with van der Waals surface area (Å²) in [6.45, 7) is 5.67. The Morgan fingerprint density at radius 3 is 1.96 bits per heavy atom. The van der Waals surface area contributed by atoms with Crippen molar-refractivity contribution in [2.75, 3.05) is 0 Å². The molecule has 0 spiro atoms. The van der Waals surface area contributed by atoms with Gasteiger partial charge in [0.1, 0.15) is 6.04 Å². The number of carbonyl (C=O) groups is 2. The van der Waals surface area contributed by atoms with Crippen molar-refractivity contribution in [3.8, 4) is 0 Å². The summed E-state index contributed by atoms with van der Waals surface area (Å²) in [5, 5.41) is 11.3. The number of hydrogen-bond acceptors (Lipinski definition) is 5. The van der Waals surface area contributed by atoms with E-state index in [0.29, 0.717) is 0 Å². The van der Waals surface area contributed by atoms with Gasteiger partial charge >= 0.3 is 52.0 Å². The van der Waals surface area contributed by atoms with Crippen molar-refractivity contribution in [2.45, 2.75) is 78.2 Å². The van der Waals surface area contributed by atoms with Crippen molar-refractivity contribution < 1.29 is 67.9 Å². The van der Waals surface area contributed by atoms with Gasteiger partial charge in [0.05, 0.1) is 6.26 Å². The number of nitrogens with one attached hydrogen (secondary N) is 1. The number of unbranched alkanes of at least 4 members (excludes halogenated alkanes) is 7. The van der Waals surface area contributed by atoms with Crippen LogP contribution >= 0.6 is 0 Å². The maximum atomic E-state index is 11.5. The summed E-state index contributed by atoms with van der Waals surface area (Å²) in [7, 11) is -4.67. The summed E-state index contributed by atoms with van der Waals surface area (Å²) >= 11 is 0. The van der Waals surface area contributed by atoms with Crippen LogP contribution < -0.4 is 34.9 Å². The Balaban J connectivity index is -0.000000396. The second-order valence-corrected chi connectivity index (χ2v) is 7.23. The first-order chi connectivity index (χ1) is 12.5. The number of alkyl carbamates (subject to hydrolysis) is 1. The standard InChI is InChI=1S/C17H31NO4.Na.H2O4S.H/c1-4-5-6-7-8-9-10-11-12-13-22-17(21)18-15(14(2)3)16(19)20;;1-5(2,3)4;/h12-15H,4-11H2,1-3H3,(H,18,21)(H,19,20);;(H2,1,2,3,4);/q;+1;;-1/t15-;;;/m0.../s1. The summed E-state index contributed by atoms with van der Waals surface area (Å²) in [6, 6.07) is -0.927. The van der Waals surface area contributed by atoms with Crippen LogP contribution in [0.25, 0.3) is 0 Å². The molecule has 0 radical (unpaired) electrons. The fraction of sp³-hybridized carbons (Fsp3) is 0.765. The molecule has 9 nitrogen and oxygen atoms in total. The van der Waals surface area contributed by atoms with E-state index in [1.54, 1.807) is 19.9 Å². The molecule has 0 heterocycles. The van der Waals surface area contributed by atoms with Crippen molar-refractivity contribution in [3.63, 3.8) is 0 Å². The van der Waals surface area contributed by atoms with Crippen molar-refractivity contribution in [3.05, 3.63) is 12.3 Å². The van der Waals surface area contributed by atoms with E-state index in [9.17, 15) is 9.59 Å². The first-order valence-electron chi connectivity index (χ1n) is 9.03. The largest absolute Gasteiger partial charge is 1.00 e. The van der Waals surface area contributed by atoms with Gasteiger partial charge in [-0.1, -0.05) is 59.3 Å². The SMILES string of the molecule is CCCCCCCCCC=COC(=O)N[C@H](C(=O)O)C(C)C.O=S(=O)(O)O.[H-].[Na+]. The maximum absolute atomic E-state index is 11.5. The molecule has 0 aliphatic rings. The molecule has 0 aliphatic heterocycles. The fourth-order valence-electron chi connectivity index (χ4n) is 2.07. The molecule has 0 aliphatic carbocycles. The first-order valence-corrected chi connectivity index (χ1v) is 10.4. The quantitative estimate of drug-likeness (QED) is 0.153. The number of allylic oxidation sites excluding steroid dienone is 1. The summed E-state index contributed by atoms with van der Waals surface area (Å²) in [5.74, 6) is -1.25. The molecular formula is C17H34NNaO8S. The smallest absolute Gasteiger partial charge is 1.00 e. The van der Waals surface area contributed by atoms with Gasteiger partial charge in [-0.3, -0.25) is 9.11 Å².